The van der Waals surface area contributed by atoms with Gasteiger partial charge in [0.05, 0.1) is 16.7 Å². The Morgan fingerprint density at radius 2 is 2.00 bits per heavy atom. The molecule has 0 aliphatic carbocycles. The van der Waals surface area contributed by atoms with E-state index in [0.717, 1.165) is 0 Å². The van der Waals surface area contributed by atoms with Crippen molar-refractivity contribution in [2.45, 2.75) is 0 Å². The summed E-state index contributed by atoms with van der Waals surface area (Å²) >= 11 is 0. The van der Waals surface area contributed by atoms with Crippen LogP contribution in [0.1, 0.15) is 0 Å². The lowest BCUT2D eigenvalue weighted by Gasteiger charge is -1.97. The highest BCUT2D eigenvalue weighted by Crippen LogP contribution is 2.31. The fraction of sp³-hybridized carbons (Fsp3) is 0. The van der Waals surface area contributed by atoms with E-state index in [-0.39, 0.29) is 28.7 Å². The molecular weight excluding hydrogens is 276 g/mol. The van der Waals surface area contributed by atoms with Gasteiger partial charge in [-0.1, -0.05) is 17.3 Å². The van der Waals surface area contributed by atoms with Crippen LogP contribution in [0.25, 0.3) is 22.8 Å². The van der Waals surface area contributed by atoms with E-state index >= 15 is 0 Å². The zero-order valence-electron chi connectivity index (χ0n) is 10.5. The van der Waals surface area contributed by atoms with E-state index in [1.54, 1.807) is 12.1 Å². The molecule has 0 saturated heterocycles. The average molecular weight is 284 g/mol. The van der Waals surface area contributed by atoms with Crippen LogP contribution < -0.4 is 0 Å². The summed E-state index contributed by atoms with van der Waals surface area (Å²) in [6.45, 7) is 0. The maximum Gasteiger partial charge on any atom is 0.280 e. The number of nitrogens with zero attached hydrogens (tertiary/aromatic N) is 4. The predicted molar refractivity (Wildman–Crippen MR) is 71.3 cm³/mol. The van der Waals surface area contributed by atoms with E-state index in [9.17, 15) is 15.2 Å². The summed E-state index contributed by atoms with van der Waals surface area (Å²) in [6, 6.07) is 7.58. The van der Waals surface area contributed by atoms with Crippen LogP contribution in [-0.4, -0.2) is 25.2 Å². The highest BCUT2D eigenvalue weighted by atomic mass is 16.6. The summed E-state index contributed by atoms with van der Waals surface area (Å²) in [6.07, 6.45) is 2.70. The molecule has 8 nitrogen and oxygen atoms in total. The lowest BCUT2D eigenvalue weighted by Crippen LogP contribution is -1.92. The number of pyridine rings is 1. The van der Waals surface area contributed by atoms with Crippen molar-refractivity contribution < 1.29 is 14.6 Å². The van der Waals surface area contributed by atoms with Gasteiger partial charge in [0.15, 0.2) is 0 Å². The second-order valence-electron chi connectivity index (χ2n) is 4.09. The molecule has 21 heavy (non-hydrogen) atoms. The quantitative estimate of drug-likeness (QED) is 0.579. The molecule has 0 amide bonds. The van der Waals surface area contributed by atoms with Gasteiger partial charge < -0.3 is 9.63 Å². The maximum atomic E-state index is 11.0. The number of hydrogen-bond donors (Lipinski definition) is 1. The van der Waals surface area contributed by atoms with Gasteiger partial charge in [0, 0.05) is 12.3 Å². The van der Waals surface area contributed by atoms with Gasteiger partial charge in [-0.25, -0.2) is 0 Å². The summed E-state index contributed by atoms with van der Waals surface area (Å²) in [7, 11) is 0. The molecule has 3 rings (SSSR count). The molecule has 0 aliphatic heterocycles. The van der Waals surface area contributed by atoms with Crippen molar-refractivity contribution >= 4 is 5.69 Å². The number of aromatic nitrogens is 3. The third kappa shape index (κ3) is 2.29. The first-order chi connectivity index (χ1) is 10.2. The lowest BCUT2D eigenvalue weighted by molar-refractivity contribution is -0.384. The van der Waals surface area contributed by atoms with Crippen LogP contribution in [0.2, 0.25) is 0 Å². The Hall–Kier alpha value is -3.29. The van der Waals surface area contributed by atoms with Crippen LogP contribution in [0.5, 0.6) is 5.75 Å². The first-order valence-corrected chi connectivity index (χ1v) is 5.87. The second kappa shape index (κ2) is 5.00. The molecule has 0 bridgehead atoms. The summed E-state index contributed by atoms with van der Waals surface area (Å²) in [5, 5.41) is 24.4. The van der Waals surface area contributed by atoms with Gasteiger partial charge in [0.2, 0.25) is 5.82 Å². The highest BCUT2D eigenvalue weighted by Gasteiger charge is 2.20. The van der Waals surface area contributed by atoms with Crippen molar-refractivity contribution in [3.05, 3.63) is 52.8 Å². The molecule has 0 unspecified atom stereocenters. The molecule has 8 heteroatoms. The second-order valence-corrected chi connectivity index (χ2v) is 4.09. The van der Waals surface area contributed by atoms with Crippen molar-refractivity contribution in [2.75, 3.05) is 0 Å². The molecule has 0 fully saturated rings. The normalized spacial score (nSPS) is 10.5. The highest BCUT2D eigenvalue weighted by molar-refractivity contribution is 5.69. The molecule has 1 N–H and O–H groups in total. The molecule has 1 aromatic carbocycles. The van der Waals surface area contributed by atoms with E-state index in [0.29, 0.717) is 5.56 Å². The van der Waals surface area contributed by atoms with Gasteiger partial charge >= 0.3 is 0 Å². The molecule has 0 spiro atoms. The molecule has 104 valence electrons. The monoisotopic (exact) mass is 284 g/mol. The van der Waals surface area contributed by atoms with Crippen molar-refractivity contribution in [1.82, 2.24) is 15.1 Å². The Labute approximate surface area is 117 Å². The molecule has 0 saturated carbocycles. The molecule has 0 radical (unpaired) electrons. The van der Waals surface area contributed by atoms with Gasteiger partial charge in [0.1, 0.15) is 11.3 Å². The van der Waals surface area contributed by atoms with E-state index < -0.39 is 4.92 Å². The minimum absolute atomic E-state index is 0.0584. The number of rotatable bonds is 3. The minimum atomic E-state index is -0.519. The fourth-order valence-corrected chi connectivity index (χ4v) is 1.83. The van der Waals surface area contributed by atoms with Crippen molar-refractivity contribution in [1.29, 1.82) is 0 Å². The first-order valence-electron chi connectivity index (χ1n) is 5.87. The predicted octanol–water partition coefficient (Wildman–Crippen LogP) is 2.41. The molecule has 2 heterocycles. The number of nitro groups is 1. The average Bonchev–Trinajstić information content (AvgIpc) is 2.97. The van der Waals surface area contributed by atoms with Gasteiger partial charge in [-0.15, -0.1) is 0 Å². The van der Waals surface area contributed by atoms with E-state index in [1.165, 1.54) is 30.6 Å². The number of nitro benzene ring substituents is 1. The van der Waals surface area contributed by atoms with Crippen LogP contribution in [0.15, 0.2) is 47.2 Å². The third-order valence-corrected chi connectivity index (χ3v) is 2.80. The number of para-hydroxylation sites is 1. The van der Waals surface area contributed by atoms with Crippen molar-refractivity contribution in [2.24, 2.45) is 0 Å². The Morgan fingerprint density at radius 3 is 2.76 bits per heavy atom. The van der Waals surface area contributed by atoms with Crippen LogP contribution in [0.4, 0.5) is 5.69 Å². The lowest BCUT2D eigenvalue weighted by atomic mass is 10.1. The zero-order chi connectivity index (χ0) is 14.8. The first kappa shape index (κ1) is 12.7. The van der Waals surface area contributed by atoms with Gasteiger partial charge in [0.25, 0.3) is 11.6 Å². The molecule has 0 atom stereocenters. The fourth-order valence-electron chi connectivity index (χ4n) is 1.83. The van der Waals surface area contributed by atoms with Crippen molar-refractivity contribution in [3.8, 4) is 28.6 Å². The van der Waals surface area contributed by atoms with Crippen LogP contribution in [-0.2, 0) is 0 Å². The van der Waals surface area contributed by atoms with Crippen LogP contribution >= 0.6 is 0 Å². The third-order valence-electron chi connectivity index (χ3n) is 2.80. The van der Waals surface area contributed by atoms with Crippen LogP contribution in [0.3, 0.4) is 0 Å². The molecule has 2 aromatic heterocycles. The molecule has 3 aromatic rings. The summed E-state index contributed by atoms with van der Waals surface area (Å²) in [5.74, 6) is 0.0202. The van der Waals surface area contributed by atoms with Gasteiger partial charge in [-0.05, 0) is 12.1 Å². The SMILES string of the molecule is O=[N+]([O-])c1ccccc1-c1noc(-c2ccncc2O)n1. The summed E-state index contributed by atoms with van der Waals surface area (Å²) < 4.78 is 5.05. The Balaban J connectivity index is 2.08. The maximum absolute atomic E-state index is 11.0. The summed E-state index contributed by atoms with van der Waals surface area (Å²) in [5.41, 5.74) is 0.428. The largest absolute Gasteiger partial charge is 0.505 e. The molecular formula is C13H8N4O4. The van der Waals surface area contributed by atoms with E-state index in [1.807, 2.05) is 0 Å². The number of benzene rings is 1. The standard InChI is InChI=1S/C13H8N4O4/c18-11-7-14-6-5-9(11)13-15-12(16-21-13)8-3-1-2-4-10(8)17(19)20/h1-7,18H. The smallest absolute Gasteiger partial charge is 0.280 e. The number of hydrogen-bond acceptors (Lipinski definition) is 7. The molecule has 0 aliphatic rings. The van der Waals surface area contributed by atoms with Crippen LogP contribution in [0, 0.1) is 10.1 Å². The Bertz CT molecular complexity index is 815. The minimum Gasteiger partial charge on any atom is -0.505 e. The topological polar surface area (TPSA) is 115 Å². The van der Waals surface area contributed by atoms with E-state index in [2.05, 4.69) is 15.1 Å². The van der Waals surface area contributed by atoms with Gasteiger partial charge in [-0.3, -0.25) is 15.1 Å². The Morgan fingerprint density at radius 1 is 1.19 bits per heavy atom. The Kier molecular flexibility index (Phi) is 3.03. The van der Waals surface area contributed by atoms with E-state index in [4.69, 9.17) is 4.52 Å². The van der Waals surface area contributed by atoms with Crippen molar-refractivity contribution in [3.63, 3.8) is 0 Å². The number of aromatic hydroxyl groups is 1. The van der Waals surface area contributed by atoms with Gasteiger partial charge in [-0.2, -0.15) is 4.98 Å². The summed E-state index contributed by atoms with van der Waals surface area (Å²) in [4.78, 5) is 18.3. The zero-order valence-corrected chi connectivity index (χ0v) is 10.5.